The summed E-state index contributed by atoms with van der Waals surface area (Å²) < 4.78 is 61.3. The van der Waals surface area contributed by atoms with Gasteiger partial charge in [0.1, 0.15) is 15.4 Å². The summed E-state index contributed by atoms with van der Waals surface area (Å²) in [6.07, 6.45) is 0. The summed E-state index contributed by atoms with van der Waals surface area (Å²) in [5, 5.41) is 9.56. The zero-order valence-electron chi connectivity index (χ0n) is 16.1. The molecule has 0 saturated carbocycles. The Morgan fingerprint density at radius 2 is 1.61 bits per heavy atom. The number of aromatic carboxylic acids is 1. The average Bonchev–Trinajstić information content (AvgIpc) is 3.34. The normalized spacial score (nSPS) is 12.1. The molecule has 4 aromatic rings. The number of furan rings is 1. The number of nitrogens with one attached hydrogen (secondary N) is 2. The van der Waals surface area contributed by atoms with Gasteiger partial charge in [0.2, 0.25) is 5.09 Å². The van der Waals surface area contributed by atoms with Crippen LogP contribution in [0.1, 0.15) is 9.67 Å². The van der Waals surface area contributed by atoms with Crippen molar-refractivity contribution < 1.29 is 31.2 Å². The number of fused-ring (bicyclic) bond motifs is 1. The third-order valence-corrected chi connectivity index (χ3v) is 8.52. The second-order valence-corrected chi connectivity index (χ2v) is 11.9. The number of hydrogen-bond acceptors (Lipinski definition) is 7. The molecule has 14 heteroatoms. The van der Waals surface area contributed by atoms with Crippen LogP contribution in [0.4, 0.5) is 11.4 Å². The highest BCUT2D eigenvalue weighted by atomic mass is 35.5. The van der Waals surface area contributed by atoms with E-state index in [4.69, 9.17) is 27.6 Å². The predicted molar refractivity (Wildman–Crippen MR) is 126 cm³/mol. The fourth-order valence-electron chi connectivity index (χ4n) is 2.87. The number of thiophene rings is 1. The van der Waals surface area contributed by atoms with Crippen LogP contribution in [0.2, 0.25) is 9.36 Å². The van der Waals surface area contributed by atoms with Crippen LogP contribution in [0.25, 0.3) is 11.0 Å². The number of hydrogen-bond donors (Lipinski definition) is 3. The fraction of sp³-hybridized carbons (Fsp3) is 0. The lowest BCUT2D eigenvalue weighted by molar-refractivity contribution is 0.0698. The first-order valence-electron chi connectivity index (χ1n) is 8.83. The molecule has 2 heterocycles. The van der Waals surface area contributed by atoms with Gasteiger partial charge in [-0.05, 0) is 30.3 Å². The van der Waals surface area contributed by atoms with Crippen LogP contribution < -0.4 is 9.44 Å². The van der Waals surface area contributed by atoms with E-state index in [9.17, 15) is 26.7 Å². The van der Waals surface area contributed by atoms with Crippen LogP contribution in [0.5, 0.6) is 0 Å². The van der Waals surface area contributed by atoms with Crippen molar-refractivity contribution >= 4 is 82.9 Å². The molecular weight excluding hydrogens is 535 g/mol. The Hall–Kier alpha value is -2.77. The number of rotatable bonds is 7. The summed E-state index contributed by atoms with van der Waals surface area (Å²) in [4.78, 5) is 10.3. The second kappa shape index (κ2) is 8.54. The molecule has 33 heavy (non-hydrogen) atoms. The molecule has 0 amide bonds. The van der Waals surface area contributed by atoms with Gasteiger partial charge in [-0.2, -0.15) is 8.42 Å². The molecule has 0 spiro atoms. The third-order valence-electron chi connectivity index (χ3n) is 4.29. The van der Waals surface area contributed by atoms with Crippen molar-refractivity contribution in [3.8, 4) is 0 Å². The average molecular weight is 547 g/mol. The Morgan fingerprint density at radius 3 is 2.30 bits per heavy atom. The first-order chi connectivity index (χ1) is 15.5. The van der Waals surface area contributed by atoms with Crippen molar-refractivity contribution in [2.24, 2.45) is 0 Å². The number of sulfonamides is 2. The third kappa shape index (κ3) is 4.80. The van der Waals surface area contributed by atoms with E-state index in [0.29, 0.717) is 22.3 Å². The van der Waals surface area contributed by atoms with Crippen LogP contribution in [0.3, 0.4) is 0 Å². The highest BCUT2D eigenvalue weighted by Crippen LogP contribution is 2.34. The van der Waals surface area contributed by atoms with Gasteiger partial charge in [0.05, 0.1) is 15.7 Å². The molecule has 0 aliphatic carbocycles. The van der Waals surface area contributed by atoms with Crippen molar-refractivity contribution in [3.05, 3.63) is 68.8 Å². The SMILES string of the molecule is O=C(O)c1sc(Cl)cc1S(=O)(=O)Nc1ccc(Cl)cc1NS(=O)(=O)c1cc2ccccc2o1. The lowest BCUT2D eigenvalue weighted by Gasteiger charge is -2.14. The van der Waals surface area contributed by atoms with E-state index in [1.807, 2.05) is 0 Å². The zero-order chi connectivity index (χ0) is 24.0. The van der Waals surface area contributed by atoms with E-state index >= 15 is 0 Å². The molecule has 0 aliphatic rings. The van der Waals surface area contributed by atoms with E-state index < -0.39 is 40.9 Å². The van der Waals surface area contributed by atoms with E-state index in [0.717, 1.165) is 6.07 Å². The Labute approximate surface area is 201 Å². The number of anilines is 2. The monoisotopic (exact) mass is 546 g/mol. The number of halogens is 2. The summed E-state index contributed by atoms with van der Waals surface area (Å²) in [6.45, 7) is 0. The molecule has 0 atom stereocenters. The van der Waals surface area contributed by atoms with Gasteiger partial charge >= 0.3 is 5.97 Å². The maximum atomic E-state index is 12.9. The van der Waals surface area contributed by atoms with Gasteiger partial charge in [-0.25, -0.2) is 13.2 Å². The largest absolute Gasteiger partial charge is 0.477 e. The summed E-state index contributed by atoms with van der Waals surface area (Å²) in [5.41, 5.74) is -0.0529. The van der Waals surface area contributed by atoms with Crippen molar-refractivity contribution in [1.29, 1.82) is 0 Å². The van der Waals surface area contributed by atoms with Gasteiger partial charge in [0.15, 0.2) is 0 Å². The molecule has 9 nitrogen and oxygen atoms in total. The molecule has 0 saturated heterocycles. The summed E-state index contributed by atoms with van der Waals surface area (Å²) in [5.74, 6) is -1.48. The van der Waals surface area contributed by atoms with Crippen LogP contribution in [-0.4, -0.2) is 27.9 Å². The first-order valence-corrected chi connectivity index (χ1v) is 13.4. The van der Waals surface area contributed by atoms with E-state index in [1.165, 1.54) is 24.3 Å². The Kier molecular flexibility index (Phi) is 6.05. The van der Waals surface area contributed by atoms with Crippen molar-refractivity contribution in [2.45, 2.75) is 9.99 Å². The lowest BCUT2D eigenvalue weighted by atomic mass is 10.3. The number of carboxylic acids is 1. The van der Waals surface area contributed by atoms with Gasteiger partial charge in [-0.1, -0.05) is 41.4 Å². The number of para-hydroxylation sites is 1. The fourth-order valence-corrected chi connectivity index (χ4v) is 6.82. The van der Waals surface area contributed by atoms with E-state index in [-0.39, 0.29) is 20.7 Å². The number of benzene rings is 2. The molecule has 4 rings (SSSR count). The standard InChI is InChI=1S/C19H12Cl2N2O7S3/c20-11-5-6-12(22-32(26,27)15-9-16(21)31-18(15)19(24)25)13(8-11)23-33(28,29)17-7-10-3-1-2-4-14(10)30-17/h1-9,22-23H,(H,24,25). The zero-order valence-corrected chi connectivity index (χ0v) is 20.0. The van der Waals surface area contributed by atoms with Gasteiger partial charge in [0.25, 0.3) is 20.0 Å². The molecule has 0 radical (unpaired) electrons. The number of carbonyl (C=O) groups is 1. The predicted octanol–water partition coefficient (Wildman–Crippen LogP) is 5.10. The minimum Gasteiger partial charge on any atom is -0.477 e. The quantitative estimate of drug-likeness (QED) is 0.292. The van der Waals surface area contributed by atoms with Gasteiger partial charge in [-0.3, -0.25) is 9.44 Å². The highest BCUT2D eigenvalue weighted by Gasteiger charge is 2.28. The minimum atomic E-state index is -4.45. The second-order valence-electron chi connectivity index (χ2n) is 6.55. The topological polar surface area (TPSA) is 143 Å². The van der Waals surface area contributed by atoms with Crippen LogP contribution in [0.15, 0.2) is 69.0 Å². The summed E-state index contributed by atoms with van der Waals surface area (Å²) in [7, 11) is -8.73. The van der Waals surface area contributed by atoms with Gasteiger partial charge in [0, 0.05) is 16.5 Å². The van der Waals surface area contributed by atoms with Gasteiger partial charge in [-0.15, -0.1) is 11.3 Å². The molecule has 172 valence electrons. The molecule has 0 unspecified atom stereocenters. The van der Waals surface area contributed by atoms with Crippen LogP contribution in [0, 0.1) is 0 Å². The molecule has 0 fully saturated rings. The molecular formula is C19H12Cl2N2O7S3. The van der Waals surface area contributed by atoms with E-state index in [2.05, 4.69) is 9.44 Å². The maximum Gasteiger partial charge on any atom is 0.347 e. The molecule has 2 aromatic carbocycles. The molecule has 2 aromatic heterocycles. The van der Waals surface area contributed by atoms with Crippen LogP contribution >= 0.6 is 34.5 Å². The minimum absolute atomic E-state index is 0.0466. The Balaban J connectivity index is 1.72. The van der Waals surface area contributed by atoms with Crippen molar-refractivity contribution in [2.75, 3.05) is 9.44 Å². The van der Waals surface area contributed by atoms with Crippen molar-refractivity contribution in [3.63, 3.8) is 0 Å². The molecule has 3 N–H and O–H groups in total. The van der Waals surface area contributed by atoms with Crippen molar-refractivity contribution in [1.82, 2.24) is 0 Å². The summed E-state index contributed by atoms with van der Waals surface area (Å²) >= 11 is 12.4. The van der Waals surface area contributed by atoms with Gasteiger partial charge < -0.3 is 9.52 Å². The summed E-state index contributed by atoms with van der Waals surface area (Å²) in [6, 6.07) is 12.7. The molecule has 0 aliphatic heterocycles. The van der Waals surface area contributed by atoms with E-state index in [1.54, 1.807) is 24.3 Å². The maximum absolute atomic E-state index is 12.9. The smallest absolute Gasteiger partial charge is 0.347 e. The highest BCUT2D eigenvalue weighted by molar-refractivity contribution is 7.93. The lowest BCUT2D eigenvalue weighted by Crippen LogP contribution is -2.18. The Bertz CT molecular complexity index is 1580. The first kappa shape index (κ1) is 23.4. The number of carboxylic acid groups (broad SMARTS) is 1. The Morgan fingerprint density at radius 1 is 0.909 bits per heavy atom. The molecule has 0 bridgehead atoms. The van der Waals surface area contributed by atoms with Crippen LogP contribution in [-0.2, 0) is 20.0 Å².